The van der Waals surface area contributed by atoms with Crippen LogP contribution in [0.3, 0.4) is 0 Å². The van der Waals surface area contributed by atoms with E-state index in [1.54, 1.807) is 21.6 Å². The molecule has 1 spiro atoms. The van der Waals surface area contributed by atoms with E-state index in [1.165, 1.54) is 0 Å². The van der Waals surface area contributed by atoms with Gasteiger partial charge in [0.1, 0.15) is 6.04 Å². The molecule has 1 N–H and O–H groups in total. The van der Waals surface area contributed by atoms with Gasteiger partial charge in [-0.3, -0.25) is 14.4 Å². The number of rotatable bonds is 6. The average Bonchev–Trinajstić information content (AvgIpc) is 3.27. The van der Waals surface area contributed by atoms with E-state index in [2.05, 4.69) is 6.08 Å². The molecule has 6 rings (SSSR count). The zero-order valence-electron chi connectivity index (χ0n) is 22.4. The molecule has 0 aliphatic carbocycles. The first-order chi connectivity index (χ1) is 18.9. The lowest BCUT2D eigenvalue weighted by atomic mass is 9.78. The average molecular weight is 546 g/mol. The number of anilines is 1. The number of benzene rings is 2. The summed E-state index contributed by atoms with van der Waals surface area (Å²) in [6.07, 6.45) is 9.48. The topological polar surface area (TPSA) is 81.2 Å². The first kappa shape index (κ1) is 26.1. The minimum atomic E-state index is -0.882. The van der Waals surface area contributed by atoms with Crippen LogP contribution in [0.5, 0.6) is 0 Å². The van der Waals surface area contributed by atoms with Gasteiger partial charge < -0.3 is 19.8 Å². The van der Waals surface area contributed by atoms with E-state index in [-0.39, 0.29) is 29.6 Å². The predicted octanol–water partition coefficient (Wildman–Crippen LogP) is 3.62. The Labute approximate surface area is 233 Å². The fourth-order valence-corrected chi connectivity index (χ4v) is 8.98. The Kier molecular flexibility index (Phi) is 6.79. The lowest BCUT2D eigenvalue weighted by Gasteiger charge is -2.38. The van der Waals surface area contributed by atoms with Crippen molar-refractivity contribution in [3.8, 4) is 0 Å². The third-order valence-corrected chi connectivity index (χ3v) is 10.5. The number of thioether (sulfide) groups is 1. The van der Waals surface area contributed by atoms with Crippen molar-refractivity contribution in [3.63, 3.8) is 0 Å². The van der Waals surface area contributed by atoms with E-state index in [0.717, 1.165) is 22.9 Å². The highest BCUT2D eigenvalue weighted by atomic mass is 32.2. The maximum Gasteiger partial charge on any atom is 0.251 e. The number of fused-ring (bicyclic) bond motifs is 3. The summed E-state index contributed by atoms with van der Waals surface area (Å²) < 4.78 is -0.882. The Hall–Kier alpha value is -3.10. The second-order valence-electron chi connectivity index (χ2n) is 10.9. The van der Waals surface area contributed by atoms with Crippen LogP contribution >= 0.6 is 11.8 Å². The van der Waals surface area contributed by atoms with Crippen molar-refractivity contribution in [3.05, 3.63) is 66.8 Å². The molecule has 204 valence electrons. The molecule has 0 saturated carbocycles. The molecule has 39 heavy (non-hydrogen) atoms. The molecule has 3 amide bonds. The normalized spacial score (nSPS) is 30.8. The molecule has 0 radical (unpaired) electrons. The number of carbonyl (C=O) groups excluding carboxylic acids is 3. The number of hydrogen-bond donors (Lipinski definition) is 1. The van der Waals surface area contributed by atoms with Crippen LogP contribution in [0.15, 0.2) is 66.8 Å². The van der Waals surface area contributed by atoms with Crippen molar-refractivity contribution < 1.29 is 19.5 Å². The molecule has 2 saturated heterocycles. The van der Waals surface area contributed by atoms with Gasteiger partial charge >= 0.3 is 0 Å². The molecule has 4 aliphatic heterocycles. The van der Waals surface area contributed by atoms with E-state index in [1.807, 2.05) is 79.4 Å². The molecular formula is C31H35N3O4S. The van der Waals surface area contributed by atoms with E-state index in [9.17, 15) is 19.5 Å². The number of carbonyl (C=O) groups is 3. The first-order valence-corrected chi connectivity index (χ1v) is 14.9. The second kappa shape index (κ2) is 10.1. The van der Waals surface area contributed by atoms with E-state index in [4.69, 9.17) is 0 Å². The molecule has 0 bridgehead atoms. The largest absolute Gasteiger partial charge is 0.394 e. The third-order valence-electron chi connectivity index (χ3n) is 8.79. The van der Waals surface area contributed by atoms with Gasteiger partial charge in [-0.15, -0.1) is 11.8 Å². The van der Waals surface area contributed by atoms with Gasteiger partial charge in [-0.05, 0) is 35.7 Å². The summed E-state index contributed by atoms with van der Waals surface area (Å²) in [4.78, 5) is 48.1. The van der Waals surface area contributed by atoms with Gasteiger partial charge in [0, 0.05) is 30.6 Å². The van der Waals surface area contributed by atoms with Gasteiger partial charge in [-0.25, -0.2) is 0 Å². The predicted molar refractivity (Wildman–Crippen MR) is 154 cm³/mol. The molecule has 8 heteroatoms. The lowest BCUT2D eigenvalue weighted by Crippen LogP contribution is -2.56. The standard InChI is InChI=1S/C31H35N3O4S/c1-3-15-32-16-7-11-24-25(28(32)36)26-29(37)34(22(4-2)19-35)27-30(38)33(17-8-14-31(26,27)39-24)23-13-12-20-9-5-6-10-21(20)18-23/h5-14,18,22,24-27,35H,3-4,15-17,19H2,1-2H3/t22-,24-,25+,26-,27?,31-/m0/s1. The van der Waals surface area contributed by atoms with Crippen LogP contribution in [-0.4, -0.2) is 80.9 Å². The Balaban J connectivity index is 1.46. The van der Waals surface area contributed by atoms with Gasteiger partial charge in [0.25, 0.3) is 5.91 Å². The van der Waals surface area contributed by atoms with Gasteiger partial charge in [-0.2, -0.15) is 0 Å². The van der Waals surface area contributed by atoms with Crippen molar-refractivity contribution in [2.24, 2.45) is 11.8 Å². The summed E-state index contributed by atoms with van der Waals surface area (Å²) in [6, 6.07) is 12.7. The van der Waals surface area contributed by atoms with E-state index < -0.39 is 28.7 Å². The van der Waals surface area contributed by atoms with Crippen molar-refractivity contribution >= 4 is 45.9 Å². The highest BCUT2D eigenvalue weighted by Crippen LogP contribution is 2.61. The van der Waals surface area contributed by atoms with E-state index >= 15 is 0 Å². The third kappa shape index (κ3) is 3.94. The lowest BCUT2D eigenvalue weighted by molar-refractivity contribution is -0.144. The number of aliphatic hydroxyl groups is 1. The van der Waals surface area contributed by atoms with Crippen molar-refractivity contribution in [1.82, 2.24) is 9.80 Å². The summed E-state index contributed by atoms with van der Waals surface area (Å²) in [7, 11) is 0. The first-order valence-electron chi connectivity index (χ1n) is 14.0. The highest BCUT2D eigenvalue weighted by molar-refractivity contribution is 8.02. The zero-order valence-corrected chi connectivity index (χ0v) is 23.2. The Morgan fingerprint density at radius 3 is 2.54 bits per heavy atom. The molecular weight excluding hydrogens is 510 g/mol. The van der Waals surface area contributed by atoms with Crippen molar-refractivity contribution in [2.75, 3.05) is 31.1 Å². The quantitative estimate of drug-likeness (QED) is 0.561. The molecule has 2 fully saturated rings. The minimum absolute atomic E-state index is 0.0105. The second-order valence-corrected chi connectivity index (χ2v) is 12.4. The van der Waals surface area contributed by atoms with Crippen molar-refractivity contribution in [1.29, 1.82) is 0 Å². The summed E-state index contributed by atoms with van der Waals surface area (Å²) in [6.45, 7) is 5.29. The van der Waals surface area contributed by atoms with Gasteiger partial charge in [0.15, 0.2) is 0 Å². The Bertz CT molecular complexity index is 1370. The molecule has 2 aromatic rings. The van der Waals surface area contributed by atoms with Gasteiger partial charge in [0.2, 0.25) is 11.8 Å². The Morgan fingerprint density at radius 2 is 1.79 bits per heavy atom. The maximum absolute atomic E-state index is 14.6. The number of amides is 3. The molecule has 7 nitrogen and oxygen atoms in total. The van der Waals surface area contributed by atoms with E-state index in [0.29, 0.717) is 26.1 Å². The maximum atomic E-state index is 14.6. The van der Waals surface area contributed by atoms with Crippen LogP contribution in [0, 0.1) is 11.8 Å². The minimum Gasteiger partial charge on any atom is -0.394 e. The van der Waals surface area contributed by atoms with Crippen LogP contribution in [0.25, 0.3) is 10.8 Å². The fraction of sp³-hybridized carbons (Fsp3) is 0.452. The smallest absolute Gasteiger partial charge is 0.251 e. The molecule has 4 heterocycles. The molecule has 6 atom stereocenters. The molecule has 1 unspecified atom stereocenters. The SMILES string of the molecule is CCCN1CC=C[C@@H]2S[C@]34C=CCN(c5ccc6ccccc6c5)C(=O)C3N([C@@H](CC)CO)C(=O)[C@@H]4[C@@H]2C1=O. The van der Waals surface area contributed by atoms with Crippen LogP contribution in [0.4, 0.5) is 5.69 Å². The number of aliphatic hydroxyl groups excluding tert-OH is 1. The van der Waals surface area contributed by atoms with Crippen LogP contribution in [0.2, 0.25) is 0 Å². The highest BCUT2D eigenvalue weighted by Gasteiger charge is 2.71. The zero-order chi connectivity index (χ0) is 27.3. The van der Waals surface area contributed by atoms with Crippen molar-refractivity contribution in [2.45, 2.75) is 48.8 Å². The summed E-state index contributed by atoms with van der Waals surface area (Å²) in [5.41, 5.74) is 0.774. The monoisotopic (exact) mass is 545 g/mol. The molecule has 2 aromatic carbocycles. The van der Waals surface area contributed by atoms with Crippen LogP contribution in [-0.2, 0) is 14.4 Å². The van der Waals surface area contributed by atoms with Gasteiger partial charge in [-0.1, -0.05) is 68.5 Å². The fourth-order valence-electron chi connectivity index (χ4n) is 6.98. The van der Waals surface area contributed by atoms with Gasteiger partial charge in [0.05, 0.1) is 29.2 Å². The van der Waals surface area contributed by atoms with Crippen LogP contribution in [0.1, 0.15) is 26.7 Å². The molecule has 4 aliphatic rings. The number of nitrogens with zero attached hydrogens (tertiary/aromatic N) is 3. The number of likely N-dealkylation sites (tertiary alicyclic amines) is 1. The summed E-state index contributed by atoms with van der Waals surface area (Å²) in [5.74, 6) is -1.57. The summed E-state index contributed by atoms with van der Waals surface area (Å²) in [5, 5.41) is 12.3. The number of hydrogen-bond acceptors (Lipinski definition) is 5. The van der Waals surface area contributed by atoms with Crippen LogP contribution < -0.4 is 4.90 Å². The summed E-state index contributed by atoms with van der Waals surface area (Å²) >= 11 is 1.58. The molecule has 0 aromatic heterocycles. The Morgan fingerprint density at radius 1 is 1.00 bits per heavy atom.